The van der Waals surface area contributed by atoms with Gasteiger partial charge in [-0.25, -0.2) is 0 Å². The normalized spacial score (nSPS) is 9.86. The number of hydrogen-bond acceptors (Lipinski definition) is 3. The Hall–Kier alpha value is -1.55. The van der Waals surface area contributed by atoms with Gasteiger partial charge < -0.3 is 20.0 Å². The molecule has 1 rings (SSSR count). The van der Waals surface area contributed by atoms with Crippen molar-refractivity contribution in [3.05, 3.63) is 23.8 Å². The highest BCUT2D eigenvalue weighted by atomic mass is 16.5. The second-order valence-corrected chi connectivity index (χ2v) is 3.03. The topological polar surface area (TPSA) is 66.0 Å². The van der Waals surface area contributed by atoms with E-state index in [0.717, 1.165) is 11.3 Å². The SMILES string of the molecule is COc1ccc(C)cc1[NH2+]CC(=O)[O-]. The van der Waals surface area contributed by atoms with Crippen LogP contribution in [0.5, 0.6) is 5.75 Å². The summed E-state index contributed by atoms with van der Waals surface area (Å²) in [4.78, 5) is 10.3. The summed E-state index contributed by atoms with van der Waals surface area (Å²) in [5.74, 6) is -0.412. The second kappa shape index (κ2) is 4.62. The van der Waals surface area contributed by atoms with Crippen LogP contribution in [-0.4, -0.2) is 19.6 Å². The van der Waals surface area contributed by atoms with Crippen molar-refractivity contribution in [1.29, 1.82) is 0 Å². The second-order valence-electron chi connectivity index (χ2n) is 3.03. The molecule has 0 heterocycles. The Balaban J connectivity index is 2.82. The number of carbonyl (C=O) groups is 1. The number of rotatable bonds is 4. The molecule has 1 aromatic carbocycles. The molecule has 4 nitrogen and oxygen atoms in total. The van der Waals surface area contributed by atoms with E-state index in [1.165, 1.54) is 0 Å². The molecule has 4 heteroatoms. The number of hydrogen-bond donors (Lipinski definition) is 1. The largest absolute Gasteiger partial charge is 0.544 e. The molecular formula is C10H13NO3. The molecule has 0 aliphatic rings. The Bertz CT molecular complexity index is 336. The predicted molar refractivity (Wildman–Crippen MR) is 49.2 cm³/mol. The van der Waals surface area contributed by atoms with Crippen molar-refractivity contribution in [3.8, 4) is 5.75 Å². The summed E-state index contributed by atoms with van der Waals surface area (Å²) in [5.41, 5.74) is 1.85. The quantitative estimate of drug-likeness (QED) is 0.623. The molecule has 0 radical (unpaired) electrons. The number of aliphatic carboxylic acids is 1. The fraction of sp³-hybridized carbons (Fsp3) is 0.300. The first-order valence-electron chi connectivity index (χ1n) is 4.31. The summed E-state index contributed by atoms with van der Waals surface area (Å²) in [6, 6.07) is 5.60. The third-order valence-corrected chi connectivity index (χ3v) is 1.87. The molecule has 0 fully saturated rings. The number of aryl methyl sites for hydroxylation is 1. The lowest BCUT2D eigenvalue weighted by atomic mass is 10.2. The van der Waals surface area contributed by atoms with Gasteiger partial charge in [0.25, 0.3) is 0 Å². The van der Waals surface area contributed by atoms with E-state index in [1.54, 1.807) is 12.4 Å². The molecule has 0 aliphatic heterocycles. The first-order valence-corrected chi connectivity index (χ1v) is 4.31. The summed E-state index contributed by atoms with van der Waals surface area (Å²) < 4.78 is 5.09. The van der Waals surface area contributed by atoms with Crippen LogP contribution in [0.3, 0.4) is 0 Å². The molecule has 0 saturated carbocycles. The summed E-state index contributed by atoms with van der Waals surface area (Å²) in [6.45, 7) is 1.84. The van der Waals surface area contributed by atoms with Crippen molar-refractivity contribution < 1.29 is 20.0 Å². The van der Waals surface area contributed by atoms with E-state index in [4.69, 9.17) is 4.74 Å². The van der Waals surface area contributed by atoms with E-state index in [9.17, 15) is 9.90 Å². The average Bonchev–Trinajstić information content (AvgIpc) is 2.15. The number of carboxylic acid groups (broad SMARTS) is 1. The Morgan fingerprint density at radius 2 is 2.29 bits per heavy atom. The van der Waals surface area contributed by atoms with Crippen LogP contribution in [0, 0.1) is 6.92 Å². The van der Waals surface area contributed by atoms with Crippen LogP contribution in [0.25, 0.3) is 0 Å². The Morgan fingerprint density at radius 3 is 2.86 bits per heavy atom. The fourth-order valence-electron chi connectivity index (χ4n) is 1.21. The molecule has 0 atom stereocenters. The van der Waals surface area contributed by atoms with Crippen LogP contribution < -0.4 is 15.2 Å². The smallest absolute Gasteiger partial charge is 0.179 e. The van der Waals surface area contributed by atoms with Gasteiger partial charge in [-0.1, -0.05) is 6.07 Å². The maximum absolute atomic E-state index is 10.3. The van der Waals surface area contributed by atoms with Crippen molar-refractivity contribution in [3.63, 3.8) is 0 Å². The van der Waals surface area contributed by atoms with Gasteiger partial charge in [0.15, 0.2) is 11.4 Å². The predicted octanol–water partition coefficient (Wildman–Crippen LogP) is -1.05. The third-order valence-electron chi connectivity index (χ3n) is 1.87. The molecular weight excluding hydrogens is 182 g/mol. The van der Waals surface area contributed by atoms with E-state index >= 15 is 0 Å². The van der Waals surface area contributed by atoms with Gasteiger partial charge in [-0.05, 0) is 18.6 Å². The zero-order chi connectivity index (χ0) is 10.6. The van der Waals surface area contributed by atoms with Crippen LogP contribution >= 0.6 is 0 Å². The first kappa shape index (κ1) is 10.5. The van der Waals surface area contributed by atoms with Crippen LogP contribution in [0.2, 0.25) is 0 Å². The molecule has 1 aromatic rings. The van der Waals surface area contributed by atoms with Gasteiger partial charge in [0.1, 0.15) is 6.54 Å². The highest BCUT2D eigenvalue weighted by molar-refractivity contribution is 5.65. The zero-order valence-corrected chi connectivity index (χ0v) is 8.24. The number of quaternary nitrogens is 1. The standard InChI is InChI=1S/C10H13NO3/c1-7-3-4-9(14-2)8(5-7)11-6-10(12)13/h3-5,11H,6H2,1-2H3,(H,12,13). The van der Waals surface area contributed by atoms with Gasteiger partial charge in [0.05, 0.1) is 13.1 Å². The van der Waals surface area contributed by atoms with Crippen molar-refractivity contribution in [1.82, 2.24) is 0 Å². The number of methoxy groups -OCH3 is 1. The molecule has 76 valence electrons. The molecule has 0 unspecified atom stereocenters. The highest BCUT2D eigenvalue weighted by Gasteiger charge is 2.06. The Kier molecular flexibility index (Phi) is 3.48. The minimum atomic E-state index is -1.09. The lowest BCUT2D eigenvalue weighted by molar-refractivity contribution is -0.569. The van der Waals surface area contributed by atoms with Crippen molar-refractivity contribution >= 4 is 11.7 Å². The zero-order valence-electron chi connectivity index (χ0n) is 8.24. The lowest BCUT2D eigenvalue weighted by Gasteiger charge is -2.07. The van der Waals surface area contributed by atoms with Crippen molar-refractivity contribution in [2.45, 2.75) is 6.92 Å². The number of ether oxygens (including phenoxy) is 1. The van der Waals surface area contributed by atoms with Crippen LogP contribution in [-0.2, 0) is 4.79 Å². The van der Waals surface area contributed by atoms with E-state index in [1.807, 2.05) is 25.1 Å². The number of nitrogens with two attached hydrogens (primary N) is 1. The van der Waals surface area contributed by atoms with Gasteiger partial charge in [-0.15, -0.1) is 0 Å². The molecule has 0 aromatic heterocycles. The molecule has 0 bridgehead atoms. The Morgan fingerprint density at radius 1 is 1.57 bits per heavy atom. The lowest BCUT2D eigenvalue weighted by Crippen LogP contribution is -2.81. The summed E-state index contributed by atoms with van der Waals surface area (Å²) in [7, 11) is 1.56. The Labute approximate surface area is 82.5 Å². The minimum Gasteiger partial charge on any atom is -0.544 e. The maximum Gasteiger partial charge on any atom is 0.179 e. The number of benzene rings is 1. The average molecular weight is 195 g/mol. The molecule has 0 spiro atoms. The van der Waals surface area contributed by atoms with Crippen molar-refractivity contribution in [2.24, 2.45) is 0 Å². The van der Waals surface area contributed by atoms with Gasteiger partial charge >= 0.3 is 0 Å². The minimum absolute atomic E-state index is 0.0974. The molecule has 14 heavy (non-hydrogen) atoms. The van der Waals surface area contributed by atoms with Gasteiger partial charge in [0.2, 0.25) is 0 Å². The monoisotopic (exact) mass is 195 g/mol. The fourth-order valence-corrected chi connectivity index (χ4v) is 1.21. The summed E-state index contributed by atoms with van der Waals surface area (Å²) in [5, 5.41) is 11.9. The van der Waals surface area contributed by atoms with Crippen molar-refractivity contribution in [2.75, 3.05) is 13.7 Å². The van der Waals surface area contributed by atoms with Crippen LogP contribution in [0.1, 0.15) is 5.56 Å². The van der Waals surface area contributed by atoms with E-state index in [-0.39, 0.29) is 6.54 Å². The maximum atomic E-state index is 10.3. The third kappa shape index (κ3) is 2.74. The molecule has 2 N–H and O–H groups in total. The molecule has 0 aliphatic carbocycles. The van der Waals surface area contributed by atoms with Gasteiger partial charge in [-0.2, -0.15) is 0 Å². The highest BCUT2D eigenvalue weighted by Crippen LogP contribution is 2.20. The van der Waals surface area contributed by atoms with E-state index in [0.29, 0.717) is 5.75 Å². The van der Waals surface area contributed by atoms with Crippen LogP contribution in [0.4, 0.5) is 5.69 Å². The summed E-state index contributed by atoms with van der Waals surface area (Å²) >= 11 is 0. The summed E-state index contributed by atoms with van der Waals surface area (Å²) in [6.07, 6.45) is 0. The number of carboxylic acids is 1. The van der Waals surface area contributed by atoms with E-state index < -0.39 is 5.97 Å². The van der Waals surface area contributed by atoms with Crippen LogP contribution in [0.15, 0.2) is 18.2 Å². The van der Waals surface area contributed by atoms with Gasteiger partial charge in [-0.3, -0.25) is 0 Å². The molecule has 0 amide bonds. The van der Waals surface area contributed by atoms with E-state index in [2.05, 4.69) is 0 Å². The molecule has 0 saturated heterocycles. The first-order chi connectivity index (χ1) is 6.63. The number of carbonyl (C=O) groups excluding carboxylic acids is 1. The van der Waals surface area contributed by atoms with Gasteiger partial charge in [0, 0.05) is 6.07 Å².